The van der Waals surface area contributed by atoms with E-state index in [1.54, 1.807) is 7.11 Å². The van der Waals surface area contributed by atoms with Crippen LogP contribution in [0.2, 0.25) is 0 Å². The Hall–Kier alpha value is -0.450. The number of methoxy groups -OCH3 is 1. The van der Waals surface area contributed by atoms with Gasteiger partial charge in [-0.05, 0) is 19.9 Å². The van der Waals surface area contributed by atoms with Gasteiger partial charge in [0.1, 0.15) is 5.78 Å². The summed E-state index contributed by atoms with van der Waals surface area (Å²) in [5.41, 5.74) is 0. The van der Waals surface area contributed by atoms with E-state index in [0.717, 1.165) is 12.8 Å². The molecule has 0 aromatic heterocycles. The average Bonchev–Trinajstić information content (AvgIpc) is 2.51. The highest BCUT2D eigenvalue weighted by molar-refractivity contribution is 5.85. The minimum Gasteiger partial charge on any atom is -0.389 e. The molecule has 0 aromatic carbocycles. The average molecular weight is 201 g/mol. The number of aliphatic hydroxyl groups excluding tert-OH is 1. The molecule has 0 bridgehead atoms. The van der Waals surface area contributed by atoms with E-state index in [2.05, 4.69) is 0 Å². The molecular weight excluding hydrogens is 182 g/mol. The molecule has 82 valence electrons. The molecule has 4 heteroatoms. The van der Waals surface area contributed by atoms with E-state index < -0.39 is 6.10 Å². The second-order valence-corrected chi connectivity index (χ2v) is 3.92. The summed E-state index contributed by atoms with van der Waals surface area (Å²) in [7, 11) is 3.44. The first-order chi connectivity index (χ1) is 6.65. The number of likely N-dealkylation sites (N-methyl/N-ethyl adjacent to an activating group) is 1. The van der Waals surface area contributed by atoms with E-state index in [0.29, 0.717) is 25.4 Å². The maximum Gasteiger partial charge on any atom is 0.149 e. The Morgan fingerprint density at radius 1 is 1.71 bits per heavy atom. The number of carbonyl (C=O) groups excluding carboxylic acids is 1. The van der Waals surface area contributed by atoms with Gasteiger partial charge in [0.05, 0.1) is 18.8 Å². The lowest BCUT2D eigenvalue weighted by atomic mass is 10.2. The van der Waals surface area contributed by atoms with Gasteiger partial charge in [0, 0.05) is 20.1 Å². The predicted octanol–water partition coefficient (Wildman–Crippen LogP) is 0.0471. The first-order valence-corrected chi connectivity index (χ1v) is 5.05. The van der Waals surface area contributed by atoms with Crippen LogP contribution in [0.3, 0.4) is 0 Å². The van der Waals surface area contributed by atoms with Crippen LogP contribution in [0, 0.1) is 0 Å². The van der Waals surface area contributed by atoms with Gasteiger partial charge in [-0.2, -0.15) is 0 Å². The van der Waals surface area contributed by atoms with Gasteiger partial charge in [0.15, 0.2) is 0 Å². The van der Waals surface area contributed by atoms with E-state index >= 15 is 0 Å². The lowest BCUT2D eigenvalue weighted by Gasteiger charge is -2.25. The molecular formula is C10H19NO3. The van der Waals surface area contributed by atoms with Crippen LogP contribution in [-0.2, 0) is 9.53 Å². The van der Waals surface area contributed by atoms with Gasteiger partial charge in [-0.25, -0.2) is 0 Å². The number of carbonyl (C=O) groups is 1. The van der Waals surface area contributed by atoms with Crippen LogP contribution in [0.1, 0.15) is 19.3 Å². The van der Waals surface area contributed by atoms with Gasteiger partial charge in [-0.3, -0.25) is 9.69 Å². The van der Waals surface area contributed by atoms with E-state index in [-0.39, 0.29) is 6.04 Å². The standard InChI is InChI=1S/C10H19NO3/c1-11(6-8(12)7-14-2)9-4-3-5-10(9)13/h8-9,12H,3-7H2,1-2H3. The van der Waals surface area contributed by atoms with Gasteiger partial charge in [0.25, 0.3) is 0 Å². The molecule has 14 heavy (non-hydrogen) atoms. The smallest absolute Gasteiger partial charge is 0.149 e. The van der Waals surface area contributed by atoms with Crippen LogP contribution in [0.25, 0.3) is 0 Å². The Balaban J connectivity index is 2.33. The molecule has 2 unspecified atom stereocenters. The normalized spacial score (nSPS) is 24.6. The van der Waals surface area contributed by atoms with Crippen molar-refractivity contribution in [2.24, 2.45) is 0 Å². The number of hydrogen-bond acceptors (Lipinski definition) is 4. The Morgan fingerprint density at radius 2 is 2.43 bits per heavy atom. The first kappa shape index (κ1) is 11.6. The van der Waals surface area contributed by atoms with Crippen molar-refractivity contribution in [2.75, 3.05) is 27.3 Å². The Kier molecular flexibility index (Phi) is 4.51. The highest BCUT2D eigenvalue weighted by Gasteiger charge is 2.28. The van der Waals surface area contributed by atoms with Crippen LogP contribution in [-0.4, -0.2) is 55.2 Å². The molecule has 0 saturated heterocycles. The number of Topliss-reactive ketones (excluding diaryl/α,β-unsaturated/α-hetero) is 1. The third kappa shape index (κ3) is 3.04. The third-order valence-electron chi connectivity index (χ3n) is 2.66. The summed E-state index contributed by atoms with van der Waals surface area (Å²) in [6, 6.07) is 0.0153. The van der Waals surface area contributed by atoms with Gasteiger partial charge in [-0.1, -0.05) is 0 Å². The Morgan fingerprint density at radius 3 is 2.93 bits per heavy atom. The predicted molar refractivity (Wildman–Crippen MR) is 53.2 cm³/mol. The van der Waals surface area contributed by atoms with Gasteiger partial charge in [0.2, 0.25) is 0 Å². The summed E-state index contributed by atoms with van der Waals surface area (Å²) < 4.78 is 4.83. The van der Waals surface area contributed by atoms with Crippen molar-refractivity contribution >= 4 is 5.78 Å². The number of ketones is 1. The molecule has 1 fully saturated rings. The molecule has 0 radical (unpaired) electrons. The fourth-order valence-electron chi connectivity index (χ4n) is 1.97. The molecule has 2 atom stereocenters. The molecule has 0 spiro atoms. The molecule has 0 aliphatic heterocycles. The highest BCUT2D eigenvalue weighted by Crippen LogP contribution is 2.19. The molecule has 0 aromatic rings. The summed E-state index contributed by atoms with van der Waals surface area (Å²) in [5, 5.41) is 9.49. The fraction of sp³-hybridized carbons (Fsp3) is 0.900. The largest absolute Gasteiger partial charge is 0.389 e. The zero-order chi connectivity index (χ0) is 10.6. The van der Waals surface area contributed by atoms with E-state index in [4.69, 9.17) is 4.74 Å². The third-order valence-corrected chi connectivity index (χ3v) is 2.66. The molecule has 1 aliphatic carbocycles. The van der Waals surface area contributed by atoms with Crippen LogP contribution < -0.4 is 0 Å². The fourth-order valence-corrected chi connectivity index (χ4v) is 1.97. The summed E-state index contributed by atoms with van der Waals surface area (Å²) >= 11 is 0. The van der Waals surface area contributed by atoms with Crippen molar-refractivity contribution in [3.05, 3.63) is 0 Å². The minimum atomic E-state index is -0.501. The molecule has 4 nitrogen and oxygen atoms in total. The molecule has 1 N–H and O–H groups in total. The van der Waals surface area contributed by atoms with Crippen molar-refractivity contribution < 1.29 is 14.6 Å². The zero-order valence-electron chi connectivity index (χ0n) is 8.90. The summed E-state index contributed by atoms with van der Waals surface area (Å²) in [6.07, 6.45) is 2.09. The zero-order valence-corrected chi connectivity index (χ0v) is 8.90. The van der Waals surface area contributed by atoms with Crippen molar-refractivity contribution in [3.63, 3.8) is 0 Å². The summed E-state index contributed by atoms with van der Waals surface area (Å²) in [6.45, 7) is 0.829. The van der Waals surface area contributed by atoms with Gasteiger partial charge < -0.3 is 9.84 Å². The van der Waals surface area contributed by atoms with Crippen molar-refractivity contribution in [1.82, 2.24) is 4.90 Å². The highest BCUT2D eigenvalue weighted by atomic mass is 16.5. The lowest BCUT2D eigenvalue weighted by molar-refractivity contribution is -0.122. The minimum absolute atomic E-state index is 0.0153. The Labute approximate surface area is 84.8 Å². The van der Waals surface area contributed by atoms with E-state index in [9.17, 15) is 9.90 Å². The number of hydrogen-bond donors (Lipinski definition) is 1. The van der Waals surface area contributed by atoms with E-state index in [1.165, 1.54) is 0 Å². The molecule has 0 heterocycles. The number of aliphatic hydroxyl groups is 1. The molecule has 1 rings (SSSR count). The second kappa shape index (κ2) is 5.44. The monoisotopic (exact) mass is 201 g/mol. The number of ether oxygens (including phenoxy) is 1. The Bertz CT molecular complexity index is 196. The van der Waals surface area contributed by atoms with E-state index in [1.807, 2.05) is 11.9 Å². The van der Waals surface area contributed by atoms with Crippen LogP contribution >= 0.6 is 0 Å². The van der Waals surface area contributed by atoms with Crippen LogP contribution in [0.15, 0.2) is 0 Å². The van der Waals surface area contributed by atoms with Crippen molar-refractivity contribution in [1.29, 1.82) is 0 Å². The molecule has 1 saturated carbocycles. The maximum absolute atomic E-state index is 11.4. The molecule has 0 amide bonds. The second-order valence-electron chi connectivity index (χ2n) is 3.92. The van der Waals surface area contributed by atoms with Crippen molar-refractivity contribution in [2.45, 2.75) is 31.4 Å². The summed E-state index contributed by atoms with van der Waals surface area (Å²) in [4.78, 5) is 13.3. The topological polar surface area (TPSA) is 49.8 Å². The van der Waals surface area contributed by atoms with Crippen molar-refractivity contribution in [3.8, 4) is 0 Å². The maximum atomic E-state index is 11.4. The lowest BCUT2D eigenvalue weighted by Crippen LogP contribution is -2.41. The number of nitrogens with zero attached hydrogens (tertiary/aromatic N) is 1. The first-order valence-electron chi connectivity index (χ1n) is 5.05. The van der Waals surface area contributed by atoms with Gasteiger partial charge >= 0.3 is 0 Å². The van der Waals surface area contributed by atoms with Gasteiger partial charge in [-0.15, -0.1) is 0 Å². The SMILES string of the molecule is COCC(O)CN(C)C1CCCC1=O. The summed E-state index contributed by atoms with van der Waals surface area (Å²) in [5.74, 6) is 0.303. The van der Waals surface area contributed by atoms with Crippen LogP contribution in [0.5, 0.6) is 0 Å². The quantitative estimate of drug-likeness (QED) is 0.682. The van der Waals surface area contributed by atoms with Crippen LogP contribution in [0.4, 0.5) is 0 Å². The molecule has 1 aliphatic rings. The number of rotatable bonds is 5.